The van der Waals surface area contributed by atoms with E-state index in [1.54, 1.807) is 6.07 Å². The highest BCUT2D eigenvalue weighted by Gasteiger charge is 2.31. The third-order valence-corrected chi connectivity index (χ3v) is 7.21. The van der Waals surface area contributed by atoms with Crippen molar-refractivity contribution in [2.75, 3.05) is 13.6 Å². The Bertz CT molecular complexity index is 564. The van der Waals surface area contributed by atoms with Crippen LogP contribution in [0.1, 0.15) is 44.4 Å². The Kier molecular flexibility index (Phi) is 5.46. The van der Waals surface area contributed by atoms with Crippen LogP contribution in [0.25, 0.3) is 0 Å². The van der Waals surface area contributed by atoms with Gasteiger partial charge in [0, 0.05) is 10.9 Å². The number of sulfonamides is 1. The summed E-state index contributed by atoms with van der Waals surface area (Å²) in [5, 5.41) is 3.08. The van der Waals surface area contributed by atoms with Crippen molar-refractivity contribution in [3.63, 3.8) is 0 Å². The summed E-state index contributed by atoms with van der Waals surface area (Å²) >= 11 is 1.38. The van der Waals surface area contributed by atoms with Crippen LogP contribution in [0.3, 0.4) is 0 Å². The molecule has 0 amide bonds. The van der Waals surface area contributed by atoms with E-state index < -0.39 is 10.0 Å². The molecule has 1 saturated carbocycles. The average Bonchev–Trinajstić information content (AvgIpc) is 2.84. The molecule has 120 valence electrons. The first-order valence-corrected chi connectivity index (χ1v) is 9.88. The molecule has 0 spiro atoms. The number of hydrogen-bond donors (Lipinski definition) is 2. The highest BCUT2D eigenvalue weighted by atomic mass is 32.2. The van der Waals surface area contributed by atoms with E-state index >= 15 is 0 Å². The number of thiophene rings is 1. The number of likely N-dealkylation sites (N-methyl/N-ethyl adjacent to an activating group) is 1. The van der Waals surface area contributed by atoms with Gasteiger partial charge in [0.15, 0.2) is 0 Å². The maximum atomic E-state index is 12.5. The fourth-order valence-corrected chi connectivity index (χ4v) is 5.60. The Balaban J connectivity index is 2.02. The van der Waals surface area contributed by atoms with Crippen molar-refractivity contribution in [2.45, 2.75) is 56.2 Å². The molecule has 0 bridgehead atoms. The van der Waals surface area contributed by atoms with Crippen LogP contribution in [0.2, 0.25) is 0 Å². The van der Waals surface area contributed by atoms with Gasteiger partial charge in [-0.2, -0.15) is 0 Å². The zero-order valence-electron chi connectivity index (χ0n) is 13.1. The fourth-order valence-electron chi connectivity index (χ4n) is 2.96. The lowest BCUT2D eigenvalue weighted by Gasteiger charge is -2.35. The van der Waals surface area contributed by atoms with E-state index in [-0.39, 0.29) is 11.5 Å². The van der Waals surface area contributed by atoms with E-state index in [1.165, 1.54) is 17.8 Å². The minimum atomic E-state index is -3.37. The Hall–Kier alpha value is -0.430. The van der Waals surface area contributed by atoms with Crippen LogP contribution in [0.5, 0.6) is 0 Å². The normalized spacial score (nSPS) is 22.3. The molecule has 2 N–H and O–H groups in total. The van der Waals surface area contributed by atoms with E-state index in [0.717, 1.165) is 37.1 Å². The van der Waals surface area contributed by atoms with E-state index in [1.807, 2.05) is 13.1 Å². The Morgan fingerprint density at radius 3 is 2.81 bits per heavy atom. The number of rotatable bonds is 6. The first kappa shape index (κ1) is 16.9. The van der Waals surface area contributed by atoms with Gasteiger partial charge in [-0.15, -0.1) is 11.3 Å². The molecule has 1 unspecified atom stereocenters. The first-order valence-electron chi connectivity index (χ1n) is 7.58. The summed E-state index contributed by atoms with van der Waals surface area (Å²) in [6.07, 6.45) is 5.01. The predicted molar refractivity (Wildman–Crippen MR) is 88.3 cm³/mol. The van der Waals surface area contributed by atoms with Crippen molar-refractivity contribution < 1.29 is 8.42 Å². The summed E-state index contributed by atoms with van der Waals surface area (Å²) in [6.45, 7) is 5.30. The number of hydrogen-bond acceptors (Lipinski definition) is 4. The van der Waals surface area contributed by atoms with E-state index in [0.29, 0.717) is 4.21 Å². The molecule has 6 heteroatoms. The molecular weight excluding hydrogens is 304 g/mol. The van der Waals surface area contributed by atoms with Crippen molar-refractivity contribution in [1.82, 2.24) is 10.0 Å². The van der Waals surface area contributed by atoms with Crippen molar-refractivity contribution >= 4 is 21.4 Å². The molecule has 1 heterocycles. The molecule has 0 aromatic carbocycles. The van der Waals surface area contributed by atoms with Gasteiger partial charge in [0.25, 0.3) is 0 Å². The SMILES string of the molecule is CNCCc1ccc(S(=O)(=O)NC2CCCC(C)(C)C2)s1. The lowest BCUT2D eigenvalue weighted by atomic mass is 9.75. The highest BCUT2D eigenvalue weighted by Crippen LogP contribution is 2.35. The van der Waals surface area contributed by atoms with E-state index in [9.17, 15) is 8.42 Å². The molecule has 2 rings (SSSR count). The maximum Gasteiger partial charge on any atom is 0.250 e. The summed E-state index contributed by atoms with van der Waals surface area (Å²) in [6, 6.07) is 3.72. The van der Waals surface area contributed by atoms with Crippen molar-refractivity contribution in [3.8, 4) is 0 Å². The maximum absolute atomic E-state index is 12.5. The second kappa shape index (κ2) is 6.77. The minimum Gasteiger partial charge on any atom is -0.319 e. The van der Waals surface area contributed by atoms with Crippen LogP contribution in [0.15, 0.2) is 16.3 Å². The zero-order chi connectivity index (χ0) is 15.5. The molecule has 1 aromatic heterocycles. The van der Waals surface area contributed by atoms with Gasteiger partial charge in [0.1, 0.15) is 4.21 Å². The third kappa shape index (κ3) is 4.77. The molecule has 1 aromatic rings. The van der Waals surface area contributed by atoms with Crippen LogP contribution in [0.4, 0.5) is 0 Å². The Morgan fingerprint density at radius 2 is 2.14 bits per heavy atom. The molecule has 1 fully saturated rings. The quantitative estimate of drug-likeness (QED) is 0.843. The van der Waals surface area contributed by atoms with Gasteiger partial charge in [0.05, 0.1) is 0 Å². The van der Waals surface area contributed by atoms with Gasteiger partial charge in [0.2, 0.25) is 10.0 Å². The summed E-state index contributed by atoms with van der Waals surface area (Å²) in [7, 11) is -1.47. The monoisotopic (exact) mass is 330 g/mol. The standard InChI is InChI=1S/C15H26N2O2S2/c1-15(2)9-4-5-12(11-15)17-21(18,19)14-7-6-13(20-14)8-10-16-3/h6-7,12,16-17H,4-5,8-11H2,1-3H3. The Morgan fingerprint density at radius 1 is 1.38 bits per heavy atom. The average molecular weight is 331 g/mol. The van der Waals surface area contributed by atoms with Gasteiger partial charge < -0.3 is 5.32 Å². The Labute approximate surface area is 132 Å². The summed E-state index contributed by atoms with van der Waals surface area (Å²) < 4.78 is 28.3. The molecule has 1 atom stereocenters. The number of nitrogens with one attached hydrogen (secondary N) is 2. The minimum absolute atomic E-state index is 0.0709. The van der Waals surface area contributed by atoms with Gasteiger partial charge >= 0.3 is 0 Å². The molecule has 0 aliphatic heterocycles. The second-order valence-corrected chi connectivity index (χ2v) is 9.76. The predicted octanol–water partition coefficient (Wildman–Crippen LogP) is 2.76. The lowest BCUT2D eigenvalue weighted by Crippen LogP contribution is -2.40. The zero-order valence-corrected chi connectivity index (χ0v) is 14.7. The first-order chi connectivity index (χ1) is 9.82. The van der Waals surface area contributed by atoms with Gasteiger partial charge in [-0.25, -0.2) is 13.1 Å². The van der Waals surface area contributed by atoms with Crippen molar-refractivity contribution in [3.05, 3.63) is 17.0 Å². The summed E-state index contributed by atoms with van der Waals surface area (Å²) in [4.78, 5) is 1.11. The molecular formula is C15H26N2O2S2. The molecule has 1 aliphatic carbocycles. The molecule has 0 saturated heterocycles. The van der Waals surface area contributed by atoms with E-state index in [2.05, 4.69) is 23.9 Å². The van der Waals surface area contributed by atoms with Crippen LogP contribution in [0, 0.1) is 5.41 Å². The largest absolute Gasteiger partial charge is 0.319 e. The topological polar surface area (TPSA) is 58.2 Å². The van der Waals surface area contributed by atoms with Gasteiger partial charge in [-0.3, -0.25) is 0 Å². The van der Waals surface area contributed by atoms with Crippen LogP contribution < -0.4 is 10.0 Å². The lowest BCUT2D eigenvalue weighted by molar-refractivity contribution is 0.212. The van der Waals surface area contributed by atoms with Gasteiger partial charge in [-0.05, 0) is 56.8 Å². The van der Waals surface area contributed by atoms with Gasteiger partial charge in [-0.1, -0.05) is 20.3 Å². The van der Waals surface area contributed by atoms with Crippen molar-refractivity contribution in [2.24, 2.45) is 5.41 Å². The highest BCUT2D eigenvalue weighted by molar-refractivity contribution is 7.91. The van der Waals surface area contributed by atoms with Crippen LogP contribution >= 0.6 is 11.3 Å². The summed E-state index contributed by atoms with van der Waals surface area (Å²) in [5.74, 6) is 0. The smallest absolute Gasteiger partial charge is 0.250 e. The van der Waals surface area contributed by atoms with Crippen LogP contribution in [-0.4, -0.2) is 28.1 Å². The van der Waals surface area contributed by atoms with Crippen LogP contribution in [-0.2, 0) is 16.4 Å². The third-order valence-electron chi connectivity index (χ3n) is 4.05. The van der Waals surface area contributed by atoms with Crippen molar-refractivity contribution in [1.29, 1.82) is 0 Å². The molecule has 4 nitrogen and oxygen atoms in total. The van der Waals surface area contributed by atoms with E-state index in [4.69, 9.17) is 0 Å². The second-order valence-electron chi connectivity index (χ2n) is 6.65. The summed E-state index contributed by atoms with van der Waals surface area (Å²) in [5.41, 5.74) is 0.235. The molecule has 1 aliphatic rings. The molecule has 0 radical (unpaired) electrons. The fraction of sp³-hybridized carbons (Fsp3) is 0.733. The molecule has 21 heavy (non-hydrogen) atoms.